The highest BCUT2D eigenvalue weighted by atomic mass is 33.1. The van der Waals surface area contributed by atoms with Crippen LogP contribution in [0.4, 0.5) is 4.79 Å². The van der Waals surface area contributed by atoms with Crippen molar-refractivity contribution in [3.8, 4) is 0 Å². The molecule has 0 fully saturated rings. The molecule has 0 spiro atoms. The molecule has 1 unspecified atom stereocenters. The summed E-state index contributed by atoms with van der Waals surface area (Å²) in [5, 5.41) is 2.33. The van der Waals surface area contributed by atoms with Crippen LogP contribution >= 0.6 is 10.8 Å². The SMILES string of the molecule is CS(=O)(=O)SCCOC(=O)CNC(=O)OC1/C=C/CCCCC1. The molecule has 7 nitrogen and oxygen atoms in total. The number of allylic oxidation sites excluding steroid dienone is 1. The predicted molar refractivity (Wildman–Crippen MR) is 88.8 cm³/mol. The Kier molecular flexibility index (Phi) is 9.08. The highest BCUT2D eigenvalue weighted by Gasteiger charge is 2.14. The maximum atomic E-state index is 11.6. The van der Waals surface area contributed by atoms with Gasteiger partial charge in [0.25, 0.3) is 0 Å². The molecule has 1 rings (SSSR count). The zero-order valence-electron chi connectivity index (χ0n) is 13.2. The van der Waals surface area contributed by atoms with Gasteiger partial charge in [-0.15, -0.1) is 0 Å². The van der Waals surface area contributed by atoms with Gasteiger partial charge in [0.15, 0.2) is 8.87 Å². The van der Waals surface area contributed by atoms with Crippen LogP contribution in [0.5, 0.6) is 0 Å². The summed E-state index contributed by atoms with van der Waals surface area (Å²) in [6, 6.07) is 0. The Morgan fingerprint density at radius 1 is 1.30 bits per heavy atom. The van der Waals surface area contributed by atoms with Crippen LogP contribution in [0, 0.1) is 0 Å². The van der Waals surface area contributed by atoms with Gasteiger partial charge in [0.1, 0.15) is 19.3 Å². The Morgan fingerprint density at radius 3 is 2.83 bits per heavy atom. The van der Waals surface area contributed by atoms with Crippen molar-refractivity contribution < 1.29 is 27.5 Å². The first-order valence-electron chi connectivity index (χ1n) is 7.48. The fraction of sp³-hybridized carbons (Fsp3) is 0.714. The topological polar surface area (TPSA) is 98.8 Å². The van der Waals surface area contributed by atoms with Crippen LogP contribution < -0.4 is 5.32 Å². The first-order valence-corrected chi connectivity index (χ1v) is 10.9. The van der Waals surface area contributed by atoms with Crippen LogP contribution in [-0.4, -0.2) is 51.7 Å². The van der Waals surface area contributed by atoms with E-state index < -0.39 is 20.9 Å². The van der Waals surface area contributed by atoms with Crippen molar-refractivity contribution in [3.63, 3.8) is 0 Å². The maximum Gasteiger partial charge on any atom is 0.408 e. The van der Waals surface area contributed by atoms with Gasteiger partial charge in [-0.3, -0.25) is 4.79 Å². The molecule has 0 heterocycles. The molecule has 0 bridgehead atoms. The van der Waals surface area contributed by atoms with Crippen molar-refractivity contribution in [2.75, 3.05) is 25.2 Å². The van der Waals surface area contributed by atoms with Crippen LogP contribution in [0.3, 0.4) is 0 Å². The van der Waals surface area contributed by atoms with Crippen molar-refractivity contribution in [2.24, 2.45) is 0 Å². The van der Waals surface area contributed by atoms with Gasteiger partial charge in [-0.1, -0.05) is 12.5 Å². The molecule has 23 heavy (non-hydrogen) atoms. The van der Waals surface area contributed by atoms with Crippen LogP contribution in [0.15, 0.2) is 12.2 Å². The minimum atomic E-state index is -3.14. The number of nitrogens with one attached hydrogen (secondary N) is 1. The zero-order chi connectivity index (χ0) is 17.1. The van der Waals surface area contributed by atoms with Gasteiger partial charge in [-0.05, 0) is 42.6 Å². The number of ether oxygens (including phenoxy) is 2. The maximum absolute atomic E-state index is 11.6. The van der Waals surface area contributed by atoms with E-state index in [0.29, 0.717) is 10.8 Å². The lowest BCUT2D eigenvalue weighted by molar-refractivity contribution is -0.141. The molecule has 0 aromatic rings. The standard InChI is InChI=1S/C14H23NO6S2/c1-23(18,19)22-10-9-20-13(16)11-15-14(17)21-12-7-5-3-2-4-6-8-12/h5,7,12H,2-4,6,8-11H2,1H3,(H,15,17)/b7-5+. The van der Waals surface area contributed by atoms with Crippen molar-refractivity contribution >= 4 is 31.7 Å². The van der Waals surface area contributed by atoms with Crippen molar-refractivity contribution in [1.29, 1.82) is 0 Å². The normalized spacial score (nSPS) is 20.0. The molecule has 1 amide bonds. The lowest BCUT2D eigenvalue weighted by Gasteiger charge is -2.16. The average molecular weight is 365 g/mol. The Morgan fingerprint density at radius 2 is 2.09 bits per heavy atom. The Hall–Kier alpha value is -1.22. The van der Waals surface area contributed by atoms with E-state index in [-0.39, 0.29) is 25.0 Å². The number of hydrogen-bond donors (Lipinski definition) is 1. The summed E-state index contributed by atoms with van der Waals surface area (Å²) >= 11 is 0. The average Bonchev–Trinajstić information content (AvgIpc) is 2.43. The summed E-state index contributed by atoms with van der Waals surface area (Å²) in [7, 11) is -2.44. The third-order valence-electron chi connectivity index (χ3n) is 2.99. The van der Waals surface area contributed by atoms with E-state index in [1.54, 1.807) is 0 Å². The molecule has 9 heteroatoms. The van der Waals surface area contributed by atoms with Gasteiger partial charge in [0, 0.05) is 12.0 Å². The van der Waals surface area contributed by atoms with Crippen LogP contribution in [-0.2, 0) is 23.1 Å². The number of carbonyl (C=O) groups excluding carboxylic acids is 2. The molecule has 0 aliphatic heterocycles. The second-order valence-corrected chi connectivity index (χ2v) is 9.69. The second kappa shape index (κ2) is 10.5. The van der Waals surface area contributed by atoms with Crippen LogP contribution in [0.25, 0.3) is 0 Å². The lowest BCUT2D eigenvalue weighted by atomic mass is 10.0. The third kappa shape index (κ3) is 11.0. The predicted octanol–water partition coefficient (Wildman–Crippen LogP) is 1.84. The number of hydrogen-bond acceptors (Lipinski definition) is 7. The number of esters is 1. The van der Waals surface area contributed by atoms with Gasteiger partial charge in [-0.2, -0.15) is 0 Å². The molecule has 0 aromatic heterocycles. The Bertz CT molecular complexity index is 517. The minimum Gasteiger partial charge on any atom is -0.463 e. The minimum absolute atomic E-state index is 0.0291. The van der Waals surface area contributed by atoms with E-state index in [1.165, 1.54) is 0 Å². The molecule has 132 valence electrons. The second-order valence-electron chi connectivity index (χ2n) is 5.11. The molecule has 0 saturated carbocycles. The van der Waals surface area contributed by atoms with Crippen molar-refractivity contribution in [2.45, 2.75) is 38.2 Å². The summed E-state index contributed by atoms with van der Waals surface area (Å²) in [5.41, 5.74) is 0. The quantitative estimate of drug-likeness (QED) is 0.318. The van der Waals surface area contributed by atoms with Crippen LogP contribution in [0.1, 0.15) is 32.1 Å². The lowest BCUT2D eigenvalue weighted by Crippen LogP contribution is -2.33. The Labute approximate surface area is 140 Å². The molecule has 1 N–H and O–H groups in total. The summed E-state index contributed by atoms with van der Waals surface area (Å²) in [4.78, 5) is 23.0. The van der Waals surface area contributed by atoms with E-state index in [9.17, 15) is 18.0 Å². The van der Waals surface area contributed by atoms with Gasteiger partial charge in [-0.25, -0.2) is 13.2 Å². The monoisotopic (exact) mass is 365 g/mol. The smallest absolute Gasteiger partial charge is 0.408 e. The molecular formula is C14H23NO6S2. The molecule has 1 aliphatic carbocycles. The van der Waals surface area contributed by atoms with Crippen LogP contribution in [0.2, 0.25) is 0 Å². The highest BCUT2D eigenvalue weighted by Crippen LogP contribution is 2.14. The highest BCUT2D eigenvalue weighted by molar-refractivity contribution is 8.71. The van der Waals surface area contributed by atoms with E-state index in [2.05, 4.69) is 5.32 Å². The first-order chi connectivity index (χ1) is 10.9. The summed E-state index contributed by atoms with van der Waals surface area (Å²) < 4.78 is 31.8. The Balaban J connectivity index is 2.16. The number of rotatable bonds is 7. The van der Waals surface area contributed by atoms with E-state index in [1.807, 2.05) is 12.2 Å². The summed E-state index contributed by atoms with van der Waals surface area (Å²) in [6.45, 7) is -0.336. The van der Waals surface area contributed by atoms with Crippen molar-refractivity contribution in [3.05, 3.63) is 12.2 Å². The number of alkyl carbamates (subject to hydrolysis) is 1. The third-order valence-corrected chi connectivity index (χ3v) is 5.54. The summed E-state index contributed by atoms with van der Waals surface area (Å²) in [5.74, 6) is -0.480. The molecule has 0 aromatic carbocycles. The molecule has 1 atom stereocenters. The largest absolute Gasteiger partial charge is 0.463 e. The van der Waals surface area contributed by atoms with Gasteiger partial charge >= 0.3 is 12.1 Å². The van der Waals surface area contributed by atoms with E-state index >= 15 is 0 Å². The summed E-state index contributed by atoms with van der Waals surface area (Å²) in [6.07, 6.45) is 9.06. The molecule has 1 aliphatic rings. The number of amides is 1. The van der Waals surface area contributed by atoms with Gasteiger partial charge < -0.3 is 14.8 Å². The molecule has 0 radical (unpaired) electrons. The van der Waals surface area contributed by atoms with Crippen molar-refractivity contribution in [1.82, 2.24) is 5.32 Å². The van der Waals surface area contributed by atoms with E-state index in [0.717, 1.165) is 38.4 Å². The van der Waals surface area contributed by atoms with Gasteiger partial charge in [0.05, 0.1) is 0 Å². The van der Waals surface area contributed by atoms with E-state index in [4.69, 9.17) is 9.47 Å². The fourth-order valence-electron chi connectivity index (χ4n) is 1.94. The molecule has 0 saturated heterocycles. The fourth-order valence-corrected chi connectivity index (χ4v) is 3.51. The van der Waals surface area contributed by atoms with Gasteiger partial charge in [0.2, 0.25) is 0 Å². The zero-order valence-corrected chi connectivity index (χ0v) is 14.8. The molecular weight excluding hydrogens is 342 g/mol. The first kappa shape index (κ1) is 19.8. The number of carbonyl (C=O) groups is 2.